The number of cyclic esters (lactones) is 1. The summed E-state index contributed by atoms with van der Waals surface area (Å²) in [6, 6.07) is 10.4. The summed E-state index contributed by atoms with van der Waals surface area (Å²) in [5.74, 6) is -0.675. The monoisotopic (exact) mass is 428 g/mol. The molecule has 11 heteroatoms. The minimum absolute atomic E-state index is 0.355. The molecule has 1 heterocycles. The van der Waals surface area contributed by atoms with Crippen molar-refractivity contribution in [2.75, 3.05) is 13.2 Å². The molecule has 7 nitrogen and oxygen atoms in total. The molecule has 2 amide bonds. The number of benzene rings is 2. The van der Waals surface area contributed by atoms with E-state index in [-0.39, 0.29) is 0 Å². The summed E-state index contributed by atoms with van der Waals surface area (Å²) in [4.78, 5) is 23.3. The summed E-state index contributed by atoms with van der Waals surface area (Å²) >= 11 is 0. The van der Waals surface area contributed by atoms with E-state index in [1.807, 2.05) is 0 Å². The third-order valence-corrected chi connectivity index (χ3v) is 5.72. The Hall–Kier alpha value is -2.92. The van der Waals surface area contributed by atoms with Crippen molar-refractivity contribution >= 4 is 22.0 Å². The van der Waals surface area contributed by atoms with Crippen LogP contribution in [0.3, 0.4) is 0 Å². The lowest BCUT2D eigenvalue weighted by Crippen LogP contribution is -2.40. The largest absolute Gasteiger partial charge is 0.439 e. The Balaban J connectivity index is 1.98. The Labute approximate surface area is 164 Å². The van der Waals surface area contributed by atoms with E-state index < -0.39 is 57.9 Å². The topological polar surface area (TPSA) is 92.8 Å². The number of sulfonamides is 1. The molecular formula is C18H15F3N2O5S. The highest BCUT2D eigenvalue weighted by atomic mass is 32.2. The van der Waals surface area contributed by atoms with E-state index in [0.717, 1.165) is 12.1 Å². The molecule has 1 atom stereocenters. The Morgan fingerprint density at radius 2 is 1.66 bits per heavy atom. The smallest absolute Gasteiger partial charge is 0.417 e. The minimum atomic E-state index is -4.89. The number of amides is 2. The molecule has 1 N–H and O–H groups in total. The molecule has 1 fully saturated rings. The van der Waals surface area contributed by atoms with Gasteiger partial charge in [-0.15, -0.1) is 0 Å². The van der Waals surface area contributed by atoms with Crippen molar-refractivity contribution in [1.29, 1.82) is 0 Å². The first kappa shape index (κ1) is 20.8. The number of carbonyl (C=O) groups is 2. The molecule has 0 saturated carbocycles. The van der Waals surface area contributed by atoms with Crippen molar-refractivity contribution in [3.8, 4) is 0 Å². The molecule has 0 bridgehead atoms. The lowest BCUT2D eigenvalue weighted by molar-refractivity contribution is -0.139. The molecule has 0 aromatic heterocycles. The second-order valence-electron chi connectivity index (χ2n) is 6.14. The Morgan fingerprint density at radius 3 is 2.24 bits per heavy atom. The Kier molecular flexibility index (Phi) is 5.62. The summed E-state index contributed by atoms with van der Waals surface area (Å²) in [5, 5.41) is 0. The van der Waals surface area contributed by atoms with Gasteiger partial charge >= 0.3 is 12.3 Å². The average molecular weight is 428 g/mol. The molecular weight excluding hydrogens is 413 g/mol. The summed E-state index contributed by atoms with van der Waals surface area (Å²) in [6.45, 7) is -0.918. The van der Waals surface area contributed by atoms with Gasteiger partial charge in [0.1, 0.15) is 0 Å². The van der Waals surface area contributed by atoms with Crippen LogP contribution in [0.25, 0.3) is 0 Å². The standard InChI is InChI=1S/C18H15F3N2O5S/c19-18(20,21)13-8-4-5-9-15(13)29(26,27)22-14(12-6-2-1-3-7-12)10-23-16(24)11-28-17(23)25/h1-9,14,22H,10-11H2. The van der Waals surface area contributed by atoms with Gasteiger partial charge in [0.05, 0.1) is 23.0 Å². The van der Waals surface area contributed by atoms with Crippen molar-refractivity contribution < 1.29 is 35.9 Å². The highest BCUT2D eigenvalue weighted by molar-refractivity contribution is 7.89. The number of nitrogens with zero attached hydrogens (tertiary/aromatic N) is 1. The summed E-state index contributed by atoms with van der Waals surface area (Å²) in [7, 11) is -4.66. The van der Waals surface area contributed by atoms with Gasteiger partial charge in [0.15, 0.2) is 6.61 Å². The Morgan fingerprint density at radius 1 is 1.03 bits per heavy atom. The summed E-state index contributed by atoms with van der Waals surface area (Å²) < 4.78 is 72.1. The fourth-order valence-electron chi connectivity index (χ4n) is 2.82. The van der Waals surface area contributed by atoms with Crippen LogP contribution in [0.1, 0.15) is 17.2 Å². The van der Waals surface area contributed by atoms with Crippen LogP contribution >= 0.6 is 0 Å². The van der Waals surface area contributed by atoms with Crippen LogP contribution in [0.5, 0.6) is 0 Å². The minimum Gasteiger partial charge on any atom is -0.439 e. The highest BCUT2D eigenvalue weighted by Gasteiger charge is 2.39. The van der Waals surface area contributed by atoms with Crippen LogP contribution in [0.4, 0.5) is 18.0 Å². The molecule has 1 saturated heterocycles. The number of ether oxygens (including phenoxy) is 1. The number of nitrogens with one attached hydrogen (secondary N) is 1. The van der Waals surface area contributed by atoms with Gasteiger partial charge in [0.2, 0.25) is 10.0 Å². The maximum absolute atomic E-state index is 13.3. The van der Waals surface area contributed by atoms with Crippen LogP contribution in [0.2, 0.25) is 0 Å². The third kappa shape index (κ3) is 4.57. The van der Waals surface area contributed by atoms with Crippen molar-refractivity contribution in [3.63, 3.8) is 0 Å². The van der Waals surface area contributed by atoms with Gasteiger partial charge in [-0.25, -0.2) is 22.8 Å². The van der Waals surface area contributed by atoms with E-state index in [4.69, 9.17) is 0 Å². The number of hydrogen-bond acceptors (Lipinski definition) is 5. The lowest BCUT2D eigenvalue weighted by Gasteiger charge is -2.23. The number of carbonyl (C=O) groups excluding carboxylic acids is 2. The first-order chi connectivity index (χ1) is 13.6. The zero-order valence-electron chi connectivity index (χ0n) is 14.7. The van der Waals surface area contributed by atoms with Crippen LogP contribution in [0.15, 0.2) is 59.5 Å². The van der Waals surface area contributed by atoms with Crippen molar-refractivity contribution in [2.45, 2.75) is 17.1 Å². The van der Waals surface area contributed by atoms with Crippen molar-refractivity contribution in [2.24, 2.45) is 0 Å². The molecule has 0 spiro atoms. The van der Waals surface area contributed by atoms with Crippen LogP contribution in [0, 0.1) is 0 Å². The van der Waals surface area contributed by atoms with Crippen LogP contribution < -0.4 is 4.72 Å². The van der Waals surface area contributed by atoms with Gasteiger partial charge < -0.3 is 4.74 Å². The van der Waals surface area contributed by atoms with Crippen molar-refractivity contribution in [1.82, 2.24) is 9.62 Å². The van der Waals surface area contributed by atoms with E-state index in [2.05, 4.69) is 9.46 Å². The predicted octanol–water partition coefficient (Wildman–Crippen LogP) is 2.70. The fourth-order valence-corrected chi connectivity index (χ4v) is 4.27. The molecule has 3 rings (SSSR count). The maximum Gasteiger partial charge on any atom is 0.417 e. The van der Waals surface area contributed by atoms with Crippen molar-refractivity contribution in [3.05, 3.63) is 65.7 Å². The van der Waals surface area contributed by atoms with Crippen LogP contribution in [-0.4, -0.2) is 38.5 Å². The maximum atomic E-state index is 13.3. The molecule has 1 aliphatic heterocycles. The van der Waals surface area contributed by atoms with E-state index >= 15 is 0 Å². The molecule has 0 aliphatic carbocycles. The lowest BCUT2D eigenvalue weighted by atomic mass is 10.1. The fraction of sp³-hybridized carbons (Fsp3) is 0.222. The van der Waals surface area contributed by atoms with Gasteiger partial charge in [0.25, 0.3) is 5.91 Å². The molecule has 29 heavy (non-hydrogen) atoms. The molecule has 2 aromatic carbocycles. The number of imide groups is 1. The van der Waals surface area contributed by atoms with Gasteiger partial charge in [-0.3, -0.25) is 4.79 Å². The third-order valence-electron chi connectivity index (χ3n) is 4.19. The predicted molar refractivity (Wildman–Crippen MR) is 94.0 cm³/mol. The molecule has 0 radical (unpaired) electrons. The quantitative estimate of drug-likeness (QED) is 0.764. The Bertz CT molecular complexity index is 1010. The summed E-state index contributed by atoms with van der Waals surface area (Å²) in [6.07, 6.45) is -5.84. The molecule has 154 valence electrons. The number of rotatable bonds is 6. The van der Waals surface area contributed by atoms with Gasteiger partial charge in [-0.2, -0.15) is 13.2 Å². The SMILES string of the molecule is O=C1COC(=O)N1CC(NS(=O)(=O)c1ccccc1C(F)(F)F)c1ccccc1. The van der Waals surface area contributed by atoms with E-state index in [1.54, 1.807) is 18.2 Å². The second-order valence-corrected chi connectivity index (χ2v) is 7.82. The van der Waals surface area contributed by atoms with E-state index in [0.29, 0.717) is 16.5 Å². The highest BCUT2D eigenvalue weighted by Crippen LogP contribution is 2.34. The zero-order valence-corrected chi connectivity index (χ0v) is 15.5. The van der Waals surface area contributed by atoms with E-state index in [1.165, 1.54) is 18.2 Å². The summed E-state index contributed by atoms with van der Waals surface area (Å²) in [5.41, 5.74) is -0.968. The van der Waals surface area contributed by atoms with Crippen LogP contribution in [-0.2, 0) is 25.7 Å². The molecule has 2 aromatic rings. The number of alkyl halides is 3. The zero-order chi connectivity index (χ0) is 21.2. The first-order valence-corrected chi connectivity index (χ1v) is 9.78. The second kappa shape index (κ2) is 7.84. The van der Waals surface area contributed by atoms with Gasteiger partial charge in [-0.05, 0) is 17.7 Å². The normalized spacial score (nSPS) is 16.0. The molecule has 1 aliphatic rings. The average Bonchev–Trinajstić information content (AvgIpc) is 2.99. The van der Waals surface area contributed by atoms with Gasteiger partial charge in [0, 0.05) is 0 Å². The number of halogens is 3. The van der Waals surface area contributed by atoms with Gasteiger partial charge in [-0.1, -0.05) is 42.5 Å². The molecule has 1 unspecified atom stereocenters. The number of hydrogen-bond donors (Lipinski definition) is 1. The first-order valence-electron chi connectivity index (χ1n) is 8.30. The van der Waals surface area contributed by atoms with E-state index in [9.17, 15) is 31.2 Å².